The van der Waals surface area contributed by atoms with Crippen molar-refractivity contribution in [2.45, 2.75) is 19.4 Å². The summed E-state index contributed by atoms with van der Waals surface area (Å²) in [5.41, 5.74) is 1.85. The Hall–Kier alpha value is -1.98. The molecule has 2 N–H and O–H groups in total. The fraction of sp³-hybridized carbons (Fsp3) is 0.250. The van der Waals surface area contributed by atoms with Gasteiger partial charge in [0.1, 0.15) is 0 Å². The van der Waals surface area contributed by atoms with Crippen molar-refractivity contribution in [2.24, 2.45) is 0 Å². The first kappa shape index (κ1) is 15.4. The van der Waals surface area contributed by atoms with Crippen LogP contribution < -0.4 is 5.32 Å². The van der Waals surface area contributed by atoms with Gasteiger partial charge in [-0.2, -0.15) is 0 Å². The van der Waals surface area contributed by atoms with Crippen molar-refractivity contribution >= 4 is 23.3 Å². The highest BCUT2D eigenvalue weighted by molar-refractivity contribution is 7.09. The number of aliphatic hydroxyl groups excluding tert-OH is 1. The van der Waals surface area contributed by atoms with Crippen molar-refractivity contribution in [1.82, 2.24) is 10.3 Å². The zero-order valence-electron chi connectivity index (χ0n) is 11.8. The van der Waals surface area contributed by atoms with Crippen LogP contribution in [-0.2, 0) is 11.2 Å². The lowest BCUT2D eigenvalue weighted by molar-refractivity contribution is -0.117. The zero-order chi connectivity index (χ0) is 15.1. The van der Waals surface area contributed by atoms with E-state index in [2.05, 4.69) is 10.3 Å². The minimum absolute atomic E-state index is 0.0930. The Morgan fingerprint density at radius 3 is 2.81 bits per heavy atom. The third-order valence-electron chi connectivity index (χ3n) is 2.93. The molecule has 4 nitrogen and oxygen atoms in total. The number of nitrogens with one attached hydrogen (secondary N) is 1. The Morgan fingerprint density at radius 2 is 2.19 bits per heavy atom. The fourth-order valence-corrected chi connectivity index (χ4v) is 2.51. The van der Waals surface area contributed by atoms with E-state index in [0.29, 0.717) is 6.42 Å². The molecule has 2 aromatic rings. The van der Waals surface area contributed by atoms with E-state index in [-0.39, 0.29) is 18.6 Å². The van der Waals surface area contributed by atoms with Crippen molar-refractivity contribution in [3.05, 3.63) is 58.1 Å². The van der Waals surface area contributed by atoms with Gasteiger partial charge in [0.15, 0.2) is 0 Å². The van der Waals surface area contributed by atoms with Gasteiger partial charge < -0.3 is 10.4 Å². The van der Waals surface area contributed by atoms with E-state index in [1.54, 1.807) is 17.4 Å². The van der Waals surface area contributed by atoms with E-state index in [1.165, 1.54) is 6.08 Å². The van der Waals surface area contributed by atoms with Gasteiger partial charge in [-0.1, -0.05) is 30.3 Å². The minimum Gasteiger partial charge on any atom is -0.394 e. The van der Waals surface area contributed by atoms with Crippen LogP contribution in [-0.4, -0.2) is 28.6 Å². The van der Waals surface area contributed by atoms with Gasteiger partial charge in [-0.25, -0.2) is 4.98 Å². The molecule has 0 radical (unpaired) electrons. The Balaban J connectivity index is 1.89. The second-order valence-corrected chi connectivity index (χ2v) is 5.76. The lowest BCUT2D eigenvalue weighted by atomic mass is 10.1. The van der Waals surface area contributed by atoms with Gasteiger partial charge in [0, 0.05) is 11.5 Å². The van der Waals surface area contributed by atoms with Crippen molar-refractivity contribution in [3.8, 4) is 0 Å². The molecule has 0 spiro atoms. The van der Waals surface area contributed by atoms with Crippen LogP contribution in [0.5, 0.6) is 0 Å². The van der Waals surface area contributed by atoms with Crippen LogP contribution in [0, 0.1) is 6.92 Å². The quantitative estimate of drug-likeness (QED) is 0.804. The summed E-state index contributed by atoms with van der Waals surface area (Å²) < 4.78 is 0. The molecule has 2 rings (SSSR count). The molecule has 0 aliphatic heterocycles. The number of aromatic nitrogens is 1. The Morgan fingerprint density at radius 1 is 1.43 bits per heavy atom. The topological polar surface area (TPSA) is 62.2 Å². The Bertz CT molecular complexity index is 608. The number of hydrogen-bond donors (Lipinski definition) is 2. The molecular weight excluding hydrogens is 284 g/mol. The van der Waals surface area contributed by atoms with E-state index in [4.69, 9.17) is 0 Å². The van der Waals surface area contributed by atoms with Crippen LogP contribution in [0.4, 0.5) is 0 Å². The number of aliphatic hydroxyl groups is 1. The van der Waals surface area contributed by atoms with Crippen molar-refractivity contribution in [2.75, 3.05) is 6.61 Å². The van der Waals surface area contributed by atoms with E-state index in [9.17, 15) is 9.90 Å². The van der Waals surface area contributed by atoms with Crippen molar-refractivity contribution in [3.63, 3.8) is 0 Å². The van der Waals surface area contributed by atoms with Gasteiger partial charge in [0.05, 0.1) is 23.4 Å². The average Bonchev–Trinajstić information content (AvgIpc) is 2.91. The van der Waals surface area contributed by atoms with Crippen LogP contribution in [0.15, 0.2) is 41.8 Å². The summed E-state index contributed by atoms with van der Waals surface area (Å²) in [6, 6.07) is 9.48. The first-order valence-electron chi connectivity index (χ1n) is 6.73. The molecule has 1 amide bonds. The Kier molecular flexibility index (Phi) is 5.66. The summed E-state index contributed by atoms with van der Waals surface area (Å²) in [7, 11) is 0. The molecule has 0 unspecified atom stereocenters. The second-order valence-electron chi connectivity index (χ2n) is 4.70. The lowest BCUT2D eigenvalue weighted by Crippen LogP contribution is -2.38. The van der Waals surface area contributed by atoms with Gasteiger partial charge in [0.2, 0.25) is 5.91 Å². The highest BCUT2D eigenvalue weighted by Gasteiger charge is 2.10. The molecule has 0 saturated carbocycles. The number of rotatable bonds is 6. The first-order chi connectivity index (χ1) is 10.2. The summed E-state index contributed by atoms with van der Waals surface area (Å²) in [6.45, 7) is 1.83. The second kappa shape index (κ2) is 7.71. The smallest absolute Gasteiger partial charge is 0.244 e. The van der Waals surface area contributed by atoms with Crippen molar-refractivity contribution in [1.29, 1.82) is 0 Å². The number of carbonyl (C=O) groups excluding carboxylic acids is 1. The van der Waals surface area contributed by atoms with E-state index >= 15 is 0 Å². The highest BCUT2D eigenvalue weighted by Crippen LogP contribution is 2.09. The maximum absolute atomic E-state index is 11.8. The molecular formula is C16H18N2O2S. The molecule has 0 aliphatic rings. The monoisotopic (exact) mass is 302 g/mol. The first-order valence-corrected chi connectivity index (χ1v) is 7.61. The van der Waals surface area contributed by atoms with E-state index in [1.807, 2.05) is 42.6 Å². The zero-order valence-corrected chi connectivity index (χ0v) is 12.6. The number of hydrogen-bond acceptors (Lipinski definition) is 4. The molecule has 1 aromatic carbocycles. The van der Waals surface area contributed by atoms with Gasteiger partial charge in [-0.15, -0.1) is 11.3 Å². The molecule has 1 aromatic heterocycles. The molecule has 0 aliphatic carbocycles. The number of thiazole rings is 1. The third-order valence-corrected chi connectivity index (χ3v) is 3.73. The van der Waals surface area contributed by atoms with E-state index < -0.39 is 0 Å². The van der Waals surface area contributed by atoms with Gasteiger partial charge in [0.25, 0.3) is 0 Å². The largest absolute Gasteiger partial charge is 0.394 e. The third kappa shape index (κ3) is 5.13. The minimum atomic E-state index is -0.290. The normalized spacial score (nSPS) is 12.5. The molecule has 110 valence electrons. The molecule has 1 atom stereocenters. The van der Waals surface area contributed by atoms with Gasteiger partial charge in [-0.05, 0) is 25.0 Å². The van der Waals surface area contributed by atoms with Crippen LogP contribution in [0.3, 0.4) is 0 Å². The van der Waals surface area contributed by atoms with Crippen LogP contribution >= 0.6 is 11.3 Å². The molecule has 1 heterocycles. The molecule has 0 fully saturated rings. The number of carbonyl (C=O) groups is 1. The summed E-state index contributed by atoms with van der Waals surface area (Å²) in [6.07, 6.45) is 3.73. The molecule has 5 heteroatoms. The number of nitrogens with zero attached hydrogens (tertiary/aromatic N) is 1. The lowest BCUT2D eigenvalue weighted by Gasteiger charge is -2.15. The predicted octanol–water partition coefficient (Wildman–Crippen LogP) is 2.18. The van der Waals surface area contributed by atoms with Gasteiger partial charge >= 0.3 is 0 Å². The van der Waals surface area contributed by atoms with Crippen LogP contribution in [0.1, 0.15) is 16.3 Å². The Labute approximate surface area is 128 Å². The molecule has 0 saturated heterocycles. The van der Waals surface area contributed by atoms with Crippen LogP contribution in [0.2, 0.25) is 0 Å². The fourth-order valence-electron chi connectivity index (χ4n) is 1.93. The standard InChI is InChI=1S/C16H18N2O2S/c1-12-17-14(11-21-12)7-8-16(20)18-15(10-19)9-13-5-3-2-4-6-13/h2-8,11,15,19H,9-10H2,1H3,(H,18,20)/b8-7+/t15-/m1/s1. The van der Waals surface area contributed by atoms with E-state index in [0.717, 1.165) is 16.3 Å². The summed E-state index contributed by atoms with van der Waals surface area (Å²) >= 11 is 1.54. The summed E-state index contributed by atoms with van der Waals surface area (Å²) in [5, 5.41) is 15.0. The number of aryl methyl sites for hydroxylation is 1. The SMILES string of the molecule is Cc1nc(/C=C/C(=O)N[C@@H](CO)Cc2ccccc2)cs1. The number of benzene rings is 1. The summed E-state index contributed by atoms with van der Waals surface area (Å²) in [5.74, 6) is -0.226. The maximum atomic E-state index is 11.8. The van der Waals surface area contributed by atoms with Crippen molar-refractivity contribution < 1.29 is 9.90 Å². The van der Waals surface area contributed by atoms with Crippen LogP contribution in [0.25, 0.3) is 6.08 Å². The molecule has 21 heavy (non-hydrogen) atoms. The average molecular weight is 302 g/mol. The maximum Gasteiger partial charge on any atom is 0.244 e. The number of amides is 1. The van der Waals surface area contributed by atoms with Gasteiger partial charge in [-0.3, -0.25) is 4.79 Å². The summed E-state index contributed by atoms with van der Waals surface area (Å²) in [4.78, 5) is 16.1. The predicted molar refractivity (Wildman–Crippen MR) is 85.0 cm³/mol. The highest BCUT2D eigenvalue weighted by atomic mass is 32.1. The molecule has 0 bridgehead atoms.